The molecule has 3 rings (SSSR count). The lowest BCUT2D eigenvalue weighted by Crippen LogP contribution is -2.41. The van der Waals surface area contributed by atoms with E-state index in [1.165, 1.54) is 25.7 Å². The predicted molar refractivity (Wildman–Crippen MR) is 70.2 cm³/mol. The van der Waals surface area contributed by atoms with E-state index in [1.807, 2.05) is 0 Å². The number of likely N-dealkylation sites (tertiary alicyclic amines) is 1. The summed E-state index contributed by atoms with van der Waals surface area (Å²) in [4.78, 5) is 14.8. The fourth-order valence-corrected chi connectivity index (χ4v) is 4.27. The molecule has 3 atom stereocenters. The maximum atomic E-state index is 12.6. The maximum Gasteiger partial charge on any atom is 0.223 e. The Balaban J connectivity index is 1.60. The fourth-order valence-electron chi connectivity index (χ4n) is 4.27. The zero-order chi connectivity index (χ0) is 12.5. The number of carbonyl (C=O) groups excluding carboxylic acids is 1. The third kappa shape index (κ3) is 2.29. The summed E-state index contributed by atoms with van der Waals surface area (Å²) in [6, 6.07) is 1.06. The first-order chi connectivity index (χ1) is 8.75. The Labute approximate surface area is 110 Å². The Morgan fingerprint density at radius 1 is 1.22 bits per heavy atom. The third-order valence-electron chi connectivity index (χ3n) is 5.19. The van der Waals surface area contributed by atoms with Crippen molar-refractivity contribution in [3.8, 4) is 0 Å². The SMILES string of the molecule is CC1CC2CCCC2N1C(=O)CC1CCOCC1. The van der Waals surface area contributed by atoms with Gasteiger partial charge in [-0.05, 0) is 50.9 Å². The van der Waals surface area contributed by atoms with Gasteiger partial charge in [-0.3, -0.25) is 4.79 Å². The molecule has 3 nitrogen and oxygen atoms in total. The molecule has 0 N–H and O–H groups in total. The van der Waals surface area contributed by atoms with Crippen LogP contribution in [0.1, 0.15) is 51.9 Å². The molecule has 1 amide bonds. The second-order valence-electron chi connectivity index (χ2n) is 6.40. The van der Waals surface area contributed by atoms with Crippen molar-refractivity contribution in [2.75, 3.05) is 13.2 Å². The molecule has 0 bridgehead atoms. The van der Waals surface area contributed by atoms with E-state index in [0.29, 0.717) is 23.9 Å². The van der Waals surface area contributed by atoms with Crippen molar-refractivity contribution >= 4 is 5.91 Å². The minimum Gasteiger partial charge on any atom is -0.381 e. The number of amides is 1. The molecule has 0 aromatic rings. The summed E-state index contributed by atoms with van der Waals surface area (Å²) in [5.74, 6) is 1.79. The normalized spacial score (nSPS) is 36.9. The summed E-state index contributed by atoms with van der Waals surface area (Å²) in [5, 5.41) is 0. The van der Waals surface area contributed by atoms with Gasteiger partial charge < -0.3 is 9.64 Å². The van der Waals surface area contributed by atoms with Crippen LogP contribution in [-0.4, -0.2) is 36.1 Å². The number of nitrogens with zero attached hydrogens (tertiary/aromatic N) is 1. The third-order valence-corrected chi connectivity index (χ3v) is 5.19. The van der Waals surface area contributed by atoms with E-state index in [4.69, 9.17) is 4.74 Å². The van der Waals surface area contributed by atoms with Crippen LogP contribution >= 0.6 is 0 Å². The van der Waals surface area contributed by atoms with Gasteiger partial charge in [0.05, 0.1) is 0 Å². The average molecular weight is 251 g/mol. The van der Waals surface area contributed by atoms with E-state index >= 15 is 0 Å². The highest BCUT2D eigenvalue weighted by Gasteiger charge is 2.43. The van der Waals surface area contributed by atoms with Crippen LogP contribution < -0.4 is 0 Å². The molecule has 2 saturated heterocycles. The number of hydrogen-bond acceptors (Lipinski definition) is 2. The van der Waals surface area contributed by atoms with Crippen molar-refractivity contribution in [1.82, 2.24) is 4.90 Å². The van der Waals surface area contributed by atoms with Gasteiger partial charge in [0.1, 0.15) is 0 Å². The molecule has 3 heteroatoms. The van der Waals surface area contributed by atoms with Crippen LogP contribution in [0.5, 0.6) is 0 Å². The van der Waals surface area contributed by atoms with Crippen molar-refractivity contribution in [3.63, 3.8) is 0 Å². The Kier molecular flexibility index (Phi) is 3.60. The quantitative estimate of drug-likeness (QED) is 0.755. The van der Waals surface area contributed by atoms with Crippen LogP contribution in [0, 0.1) is 11.8 Å². The van der Waals surface area contributed by atoms with Crippen LogP contribution in [0.4, 0.5) is 0 Å². The first-order valence-corrected chi connectivity index (χ1v) is 7.64. The molecule has 2 aliphatic heterocycles. The fraction of sp³-hybridized carbons (Fsp3) is 0.933. The summed E-state index contributed by atoms with van der Waals surface area (Å²) < 4.78 is 5.37. The topological polar surface area (TPSA) is 29.5 Å². The monoisotopic (exact) mass is 251 g/mol. The van der Waals surface area contributed by atoms with Crippen molar-refractivity contribution in [2.45, 2.75) is 64.0 Å². The summed E-state index contributed by atoms with van der Waals surface area (Å²) in [6.45, 7) is 3.93. The van der Waals surface area contributed by atoms with E-state index < -0.39 is 0 Å². The van der Waals surface area contributed by atoms with Crippen LogP contribution in [0.25, 0.3) is 0 Å². The molecule has 102 valence electrons. The number of hydrogen-bond donors (Lipinski definition) is 0. The molecular formula is C15H25NO2. The second kappa shape index (κ2) is 5.20. The van der Waals surface area contributed by atoms with Crippen molar-refractivity contribution in [2.24, 2.45) is 11.8 Å². The van der Waals surface area contributed by atoms with Crippen LogP contribution in [0.15, 0.2) is 0 Å². The Morgan fingerprint density at radius 3 is 2.78 bits per heavy atom. The van der Waals surface area contributed by atoms with E-state index in [2.05, 4.69) is 11.8 Å². The average Bonchev–Trinajstić information content (AvgIpc) is 2.89. The highest BCUT2D eigenvalue weighted by atomic mass is 16.5. The summed E-state index contributed by atoms with van der Waals surface area (Å²) in [7, 11) is 0. The van der Waals surface area contributed by atoms with E-state index in [1.54, 1.807) is 0 Å². The standard InChI is InChI=1S/C15H25NO2/c1-11-9-13-3-2-4-14(13)16(11)15(17)10-12-5-7-18-8-6-12/h11-14H,2-10H2,1H3. The summed E-state index contributed by atoms with van der Waals surface area (Å²) in [6.07, 6.45) is 8.05. The zero-order valence-electron chi connectivity index (χ0n) is 11.4. The van der Waals surface area contributed by atoms with E-state index in [-0.39, 0.29) is 0 Å². The molecule has 0 aromatic heterocycles. The van der Waals surface area contributed by atoms with Crippen molar-refractivity contribution in [3.05, 3.63) is 0 Å². The highest BCUT2D eigenvalue weighted by molar-refractivity contribution is 5.77. The number of ether oxygens (including phenoxy) is 1. The molecule has 0 aromatic carbocycles. The molecule has 3 fully saturated rings. The van der Waals surface area contributed by atoms with Gasteiger partial charge in [-0.25, -0.2) is 0 Å². The molecule has 3 unspecified atom stereocenters. The van der Waals surface area contributed by atoms with Crippen molar-refractivity contribution in [1.29, 1.82) is 0 Å². The van der Waals surface area contributed by atoms with E-state index in [9.17, 15) is 4.79 Å². The highest BCUT2D eigenvalue weighted by Crippen LogP contribution is 2.41. The molecular weight excluding hydrogens is 226 g/mol. The molecule has 0 spiro atoms. The molecule has 18 heavy (non-hydrogen) atoms. The van der Waals surface area contributed by atoms with Gasteiger partial charge in [0.25, 0.3) is 0 Å². The predicted octanol–water partition coefficient (Wildman–Crippen LogP) is 2.59. The number of fused-ring (bicyclic) bond motifs is 1. The smallest absolute Gasteiger partial charge is 0.223 e. The molecule has 3 aliphatic rings. The van der Waals surface area contributed by atoms with E-state index in [0.717, 1.165) is 38.4 Å². The number of carbonyl (C=O) groups is 1. The lowest BCUT2D eigenvalue weighted by molar-refractivity contribution is -0.135. The van der Waals surface area contributed by atoms with Gasteiger partial charge in [0, 0.05) is 31.7 Å². The van der Waals surface area contributed by atoms with Gasteiger partial charge in [-0.15, -0.1) is 0 Å². The molecule has 1 saturated carbocycles. The minimum absolute atomic E-state index is 0.420. The summed E-state index contributed by atoms with van der Waals surface area (Å²) >= 11 is 0. The van der Waals surface area contributed by atoms with Crippen LogP contribution in [0.2, 0.25) is 0 Å². The largest absolute Gasteiger partial charge is 0.381 e. The molecule has 2 heterocycles. The van der Waals surface area contributed by atoms with Gasteiger partial charge in [-0.2, -0.15) is 0 Å². The van der Waals surface area contributed by atoms with Crippen LogP contribution in [-0.2, 0) is 9.53 Å². The molecule has 1 aliphatic carbocycles. The first-order valence-electron chi connectivity index (χ1n) is 7.64. The minimum atomic E-state index is 0.420. The zero-order valence-corrected chi connectivity index (χ0v) is 11.4. The Bertz CT molecular complexity index is 312. The van der Waals surface area contributed by atoms with Crippen molar-refractivity contribution < 1.29 is 9.53 Å². The van der Waals surface area contributed by atoms with Gasteiger partial charge >= 0.3 is 0 Å². The lowest BCUT2D eigenvalue weighted by Gasteiger charge is -2.30. The molecule has 0 radical (unpaired) electrons. The van der Waals surface area contributed by atoms with Gasteiger partial charge in [-0.1, -0.05) is 6.42 Å². The number of rotatable bonds is 2. The second-order valence-corrected chi connectivity index (χ2v) is 6.40. The van der Waals surface area contributed by atoms with Gasteiger partial charge in [0.2, 0.25) is 5.91 Å². The summed E-state index contributed by atoms with van der Waals surface area (Å²) in [5.41, 5.74) is 0. The van der Waals surface area contributed by atoms with Crippen LogP contribution in [0.3, 0.4) is 0 Å². The maximum absolute atomic E-state index is 12.6. The van der Waals surface area contributed by atoms with Gasteiger partial charge in [0.15, 0.2) is 0 Å². The Hall–Kier alpha value is -0.570. The Morgan fingerprint density at radius 2 is 2.00 bits per heavy atom. The lowest BCUT2D eigenvalue weighted by atomic mass is 9.95. The first kappa shape index (κ1) is 12.5.